The molecular formula is C41H27N3O2. The zero-order valence-corrected chi connectivity index (χ0v) is 25.3. The Morgan fingerprint density at radius 3 is 2.28 bits per heavy atom. The van der Waals surface area contributed by atoms with Gasteiger partial charge in [-0.15, -0.1) is 0 Å². The number of furan rings is 2. The summed E-state index contributed by atoms with van der Waals surface area (Å²) in [5.74, 6) is 1.24. The second-order valence-corrected chi connectivity index (χ2v) is 12.4. The van der Waals surface area contributed by atoms with Crippen molar-refractivity contribution in [3.05, 3.63) is 127 Å². The third kappa shape index (κ3) is 3.57. The molecule has 0 bridgehead atoms. The number of fused-ring (bicyclic) bond motifs is 10. The lowest BCUT2D eigenvalue weighted by Crippen LogP contribution is -1.97. The third-order valence-electron chi connectivity index (χ3n) is 9.39. The minimum atomic E-state index is 0.432. The molecule has 0 radical (unpaired) electrons. The van der Waals surface area contributed by atoms with E-state index >= 15 is 0 Å². The Balaban J connectivity index is 1.22. The molecule has 10 rings (SSSR count). The van der Waals surface area contributed by atoms with E-state index in [4.69, 9.17) is 18.8 Å². The van der Waals surface area contributed by atoms with Crippen molar-refractivity contribution in [3.63, 3.8) is 0 Å². The van der Waals surface area contributed by atoms with E-state index in [2.05, 4.69) is 134 Å². The highest BCUT2D eigenvalue weighted by Gasteiger charge is 2.21. The SMILES string of the molecule is CC(C)c1ccc2c(c1)oc1cc(-n3c(-c4cccc5c4oc4nc6c(ccc7ccccc76)cc45)nc4ccccc43)ccc12. The molecule has 46 heavy (non-hydrogen) atoms. The van der Waals surface area contributed by atoms with E-state index in [9.17, 15) is 0 Å². The van der Waals surface area contributed by atoms with Crippen molar-refractivity contribution in [2.24, 2.45) is 0 Å². The van der Waals surface area contributed by atoms with Crippen LogP contribution in [0.2, 0.25) is 0 Å². The summed E-state index contributed by atoms with van der Waals surface area (Å²) < 4.78 is 15.3. The van der Waals surface area contributed by atoms with Crippen molar-refractivity contribution in [2.75, 3.05) is 0 Å². The van der Waals surface area contributed by atoms with E-state index in [0.29, 0.717) is 11.6 Å². The molecular weight excluding hydrogens is 566 g/mol. The Hall–Kier alpha value is -5.94. The Morgan fingerprint density at radius 2 is 1.37 bits per heavy atom. The van der Waals surface area contributed by atoms with Crippen LogP contribution in [-0.2, 0) is 0 Å². The maximum Gasteiger partial charge on any atom is 0.227 e. The summed E-state index contributed by atoms with van der Waals surface area (Å²) >= 11 is 0. The summed E-state index contributed by atoms with van der Waals surface area (Å²) in [5.41, 5.74) is 9.17. The normalized spacial score (nSPS) is 12.3. The van der Waals surface area contributed by atoms with E-state index in [-0.39, 0.29) is 0 Å². The van der Waals surface area contributed by atoms with Gasteiger partial charge in [0.15, 0.2) is 0 Å². The first-order chi connectivity index (χ1) is 22.6. The van der Waals surface area contributed by atoms with E-state index < -0.39 is 0 Å². The Morgan fingerprint density at radius 1 is 0.587 bits per heavy atom. The van der Waals surface area contributed by atoms with E-state index in [1.807, 2.05) is 6.07 Å². The van der Waals surface area contributed by atoms with Gasteiger partial charge in [0.25, 0.3) is 0 Å². The van der Waals surface area contributed by atoms with Gasteiger partial charge in [-0.25, -0.2) is 9.97 Å². The molecule has 0 fully saturated rings. The highest BCUT2D eigenvalue weighted by molar-refractivity contribution is 6.15. The largest absolute Gasteiger partial charge is 0.456 e. The first-order valence-corrected chi connectivity index (χ1v) is 15.7. The Bertz CT molecular complexity index is 2850. The van der Waals surface area contributed by atoms with Crippen LogP contribution in [0.25, 0.3) is 93.8 Å². The molecule has 218 valence electrons. The van der Waals surface area contributed by atoms with Crippen LogP contribution in [0.1, 0.15) is 25.3 Å². The predicted molar refractivity (Wildman–Crippen MR) is 188 cm³/mol. The molecule has 0 unspecified atom stereocenters. The Kier molecular flexibility index (Phi) is 5.13. The zero-order chi connectivity index (χ0) is 30.5. The number of benzene rings is 6. The molecule has 10 aromatic rings. The molecule has 5 heteroatoms. The van der Waals surface area contributed by atoms with Gasteiger partial charge in [0.2, 0.25) is 5.71 Å². The standard InChI is InChI=1S/C41H27N3O2/c1-23(2)25-16-18-29-30-19-17-27(22-37(30)45-36(29)21-25)44-35-13-6-5-12-34(35)42-40(44)32-11-7-10-31-33-20-26-15-14-24-8-3-4-9-28(24)38(26)43-41(33)46-39(31)32/h3-23H,1-2H3. The van der Waals surface area contributed by atoms with Gasteiger partial charge in [-0.1, -0.05) is 86.6 Å². The molecule has 0 N–H and O–H groups in total. The molecule has 0 aliphatic rings. The molecule has 0 atom stereocenters. The van der Waals surface area contributed by atoms with Gasteiger partial charge in [0.1, 0.15) is 22.6 Å². The van der Waals surface area contributed by atoms with Crippen LogP contribution in [0.3, 0.4) is 0 Å². The van der Waals surface area contributed by atoms with Crippen LogP contribution < -0.4 is 0 Å². The second-order valence-electron chi connectivity index (χ2n) is 12.4. The number of aromatic nitrogens is 3. The number of rotatable bonds is 3. The third-order valence-corrected chi connectivity index (χ3v) is 9.39. The second kappa shape index (κ2) is 9.29. The minimum absolute atomic E-state index is 0.432. The molecule has 6 aromatic carbocycles. The fourth-order valence-corrected chi connectivity index (χ4v) is 7.04. The minimum Gasteiger partial charge on any atom is -0.456 e. The summed E-state index contributed by atoms with van der Waals surface area (Å²) in [6.45, 7) is 4.41. The smallest absolute Gasteiger partial charge is 0.227 e. The lowest BCUT2D eigenvalue weighted by atomic mass is 10.0. The molecule has 5 nitrogen and oxygen atoms in total. The number of hydrogen-bond donors (Lipinski definition) is 0. The van der Waals surface area contributed by atoms with Crippen molar-refractivity contribution in [1.82, 2.24) is 14.5 Å². The van der Waals surface area contributed by atoms with Gasteiger partial charge in [0.05, 0.1) is 27.8 Å². The topological polar surface area (TPSA) is 57.0 Å². The number of para-hydroxylation sites is 3. The summed E-state index contributed by atoms with van der Waals surface area (Å²) in [4.78, 5) is 10.2. The van der Waals surface area contributed by atoms with Crippen molar-refractivity contribution < 1.29 is 8.83 Å². The summed E-state index contributed by atoms with van der Waals surface area (Å²) in [6.07, 6.45) is 0. The summed E-state index contributed by atoms with van der Waals surface area (Å²) in [7, 11) is 0. The maximum absolute atomic E-state index is 6.64. The number of hydrogen-bond acceptors (Lipinski definition) is 4. The average Bonchev–Trinajstić information content (AvgIpc) is 3.77. The molecule has 0 aliphatic carbocycles. The van der Waals surface area contributed by atoms with Crippen molar-refractivity contribution in [2.45, 2.75) is 19.8 Å². The quantitative estimate of drug-likeness (QED) is 0.191. The van der Waals surface area contributed by atoms with E-state index in [0.717, 1.165) is 88.1 Å². The van der Waals surface area contributed by atoms with Crippen LogP contribution in [0.5, 0.6) is 0 Å². The first-order valence-electron chi connectivity index (χ1n) is 15.7. The maximum atomic E-state index is 6.64. The van der Waals surface area contributed by atoms with Gasteiger partial charge in [-0.05, 0) is 59.3 Å². The molecule has 0 spiro atoms. The molecule has 0 amide bonds. The zero-order valence-electron chi connectivity index (χ0n) is 25.3. The monoisotopic (exact) mass is 593 g/mol. The fraction of sp³-hybridized carbons (Fsp3) is 0.0732. The average molecular weight is 594 g/mol. The fourth-order valence-electron chi connectivity index (χ4n) is 7.04. The van der Waals surface area contributed by atoms with Crippen LogP contribution in [0.15, 0.2) is 130 Å². The van der Waals surface area contributed by atoms with Crippen LogP contribution in [0, 0.1) is 0 Å². The number of pyridine rings is 1. The summed E-state index contributed by atoms with van der Waals surface area (Å²) in [6, 6.07) is 42.4. The van der Waals surface area contributed by atoms with Gasteiger partial charge < -0.3 is 8.83 Å². The lowest BCUT2D eigenvalue weighted by Gasteiger charge is -2.10. The number of nitrogens with zero attached hydrogens (tertiary/aromatic N) is 3. The lowest BCUT2D eigenvalue weighted by molar-refractivity contribution is 0.656. The molecule has 4 aromatic heterocycles. The highest BCUT2D eigenvalue weighted by Crippen LogP contribution is 2.40. The van der Waals surface area contributed by atoms with E-state index in [1.54, 1.807) is 0 Å². The van der Waals surface area contributed by atoms with Crippen LogP contribution in [-0.4, -0.2) is 14.5 Å². The Labute approximate surface area is 263 Å². The highest BCUT2D eigenvalue weighted by atomic mass is 16.3. The van der Waals surface area contributed by atoms with Gasteiger partial charge in [0, 0.05) is 38.4 Å². The molecule has 0 aliphatic heterocycles. The molecule has 0 saturated heterocycles. The molecule has 4 heterocycles. The van der Waals surface area contributed by atoms with E-state index in [1.165, 1.54) is 5.56 Å². The van der Waals surface area contributed by atoms with Gasteiger partial charge in [-0.2, -0.15) is 0 Å². The summed E-state index contributed by atoms with van der Waals surface area (Å²) in [5, 5.41) is 7.60. The number of imidazole rings is 1. The predicted octanol–water partition coefficient (Wildman–Crippen LogP) is 11.3. The molecule has 0 saturated carbocycles. The van der Waals surface area contributed by atoms with Crippen LogP contribution >= 0.6 is 0 Å². The van der Waals surface area contributed by atoms with Gasteiger partial charge >= 0.3 is 0 Å². The van der Waals surface area contributed by atoms with Crippen molar-refractivity contribution in [3.8, 4) is 17.1 Å². The first kappa shape index (κ1) is 25.4. The van der Waals surface area contributed by atoms with Gasteiger partial charge in [-0.3, -0.25) is 4.57 Å². The van der Waals surface area contributed by atoms with Crippen molar-refractivity contribution >= 4 is 76.7 Å². The van der Waals surface area contributed by atoms with Crippen LogP contribution in [0.4, 0.5) is 0 Å². The van der Waals surface area contributed by atoms with Crippen molar-refractivity contribution in [1.29, 1.82) is 0 Å².